The highest BCUT2D eigenvalue weighted by Gasteiger charge is 2.18. The molecule has 0 bridgehead atoms. The number of nitrogens with one attached hydrogen (secondary N) is 3. The van der Waals surface area contributed by atoms with Gasteiger partial charge in [0.25, 0.3) is 11.8 Å². The molecule has 1 aromatic heterocycles. The van der Waals surface area contributed by atoms with Crippen LogP contribution in [-0.2, 0) is 9.59 Å². The zero-order chi connectivity index (χ0) is 29.9. The largest absolute Gasteiger partial charge is 0.493 e. The number of methoxy groups -OCH3 is 2. The molecule has 4 aromatic rings. The average molecular weight is 583 g/mol. The lowest BCUT2D eigenvalue weighted by Gasteiger charge is -2.14. The van der Waals surface area contributed by atoms with Crippen LogP contribution in [0.25, 0.3) is 6.08 Å². The van der Waals surface area contributed by atoms with E-state index >= 15 is 0 Å². The fourth-order valence-corrected chi connectivity index (χ4v) is 4.73. The Kier molecular flexibility index (Phi) is 10.3. The van der Waals surface area contributed by atoms with Crippen LogP contribution in [0, 0.1) is 0 Å². The number of benzene rings is 3. The summed E-state index contributed by atoms with van der Waals surface area (Å²) in [7, 11) is 3.02. The Balaban J connectivity index is 1.50. The number of amides is 3. The Morgan fingerprint density at radius 1 is 0.833 bits per heavy atom. The van der Waals surface area contributed by atoms with Crippen LogP contribution in [0.4, 0.5) is 11.5 Å². The van der Waals surface area contributed by atoms with E-state index in [1.54, 1.807) is 92.0 Å². The molecule has 0 aliphatic heterocycles. The fourth-order valence-electron chi connectivity index (χ4n) is 3.86. The van der Waals surface area contributed by atoms with E-state index in [9.17, 15) is 14.4 Å². The highest BCUT2D eigenvalue weighted by Crippen LogP contribution is 2.32. The van der Waals surface area contributed by atoms with Gasteiger partial charge in [0.15, 0.2) is 11.5 Å². The average Bonchev–Trinajstić information content (AvgIpc) is 3.02. The zero-order valence-corrected chi connectivity index (χ0v) is 24.1. The van der Waals surface area contributed by atoms with Gasteiger partial charge in [0.05, 0.1) is 19.5 Å². The summed E-state index contributed by atoms with van der Waals surface area (Å²) in [5, 5.41) is 7.96. The summed E-state index contributed by atoms with van der Waals surface area (Å²) in [5.74, 6) is 0.241. The molecular weight excluding hydrogens is 552 g/mol. The second kappa shape index (κ2) is 14.5. The van der Waals surface area contributed by atoms with Crippen molar-refractivity contribution in [3.63, 3.8) is 0 Å². The summed E-state index contributed by atoms with van der Waals surface area (Å²) < 4.78 is 10.9. The predicted octanol–water partition coefficient (Wildman–Crippen LogP) is 5.63. The van der Waals surface area contributed by atoms with Crippen molar-refractivity contribution >= 4 is 47.1 Å². The van der Waals surface area contributed by atoms with Crippen LogP contribution in [0.5, 0.6) is 11.5 Å². The number of pyridine rings is 1. The summed E-state index contributed by atoms with van der Waals surface area (Å²) in [4.78, 5) is 43.9. The molecule has 42 heavy (non-hydrogen) atoms. The maximum atomic E-state index is 13.4. The summed E-state index contributed by atoms with van der Waals surface area (Å²) in [6.45, 7) is 1.80. The first-order chi connectivity index (χ1) is 20.4. The molecule has 0 aliphatic carbocycles. The van der Waals surface area contributed by atoms with Crippen LogP contribution in [0.1, 0.15) is 22.8 Å². The molecule has 3 amide bonds. The first-order valence-corrected chi connectivity index (χ1v) is 13.8. The predicted molar refractivity (Wildman–Crippen MR) is 165 cm³/mol. The number of para-hydroxylation sites is 1. The highest BCUT2D eigenvalue weighted by molar-refractivity contribution is 8.00. The first-order valence-electron chi connectivity index (χ1n) is 13.0. The smallest absolute Gasteiger partial charge is 0.272 e. The number of rotatable bonds is 11. The molecule has 1 heterocycles. The third-order valence-corrected chi connectivity index (χ3v) is 7.08. The van der Waals surface area contributed by atoms with Gasteiger partial charge in [-0.15, -0.1) is 11.8 Å². The Morgan fingerprint density at radius 3 is 2.24 bits per heavy atom. The molecule has 0 fully saturated rings. The van der Waals surface area contributed by atoms with Crippen molar-refractivity contribution in [2.45, 2.75) is 17.1 Å². The number of nitrogens with zero attached hydrogens (tertiary/aromatic N) is 1. The third-order valence-electron chi connectivity index (χ3n) is 5.97. The number of carbonyl (C=O) groups excluding carboxylic acids is 3. The zero-order valence-electron chi connectivity index (χ0n) is 23.3. The molecule has 214 valence electrons. The van der Waals surface area contributed by atoms with E-state index in [2.05, 4.69) is 20.9 Å². The van der Waals surface area contributed by atoms with Crippen molar-refractivity contribution in [1.29, 1.82) is 0 Å². The SMILES string of the molecule is COc1cccc(/C=C(\NC(=O)c2ccccc2)C(=O)Nc2ccc(SC(C)C(=O)Nc3ccccn3)cc2)c1OC. The van der Waals surface area contributed by atoms with E-state index in [4.69, 9.17) is 9.47 Å². The molecule has 10 heteroatoms. The van der Waals surface area contributed by atoms with Gasteiger partial charge in [-0.1, -0.05) is 36.4 Å². The summed E-state index contributed by atoms with van der Waals surface area (Å²) in [6, 6.07) is 26.2. The molecule has 3 aromatic carbocycles. The maximum absolute atomic E-state index is 13.4. The quantitative estimate of drug-likeness (QED) is 0.155. The molecule has 4 rings (SSSR count). The lowest BCUT2D eigenvalue weighted by Crippen LogP contribution is -2.30. The van der Waals surface area contributed by atoms with Gasteiger partial charge in [-0.05, 0) is 67.6 Å². The Morgan fingerprint density at radius 2 is 1.57 bits per heavy atom. The lowest BCUT2D eigenvalue weighted by molar-refractivity contribution is -0.115. The Hall–Kier alpha value is -5.09. The van der Waals surface area contributed by atoms with Gasteiger partial charge in [0.1, 0.15) is 11.5 Å². The number of hydrogen-bond donors (Lipinski definition) is 3. The minimum atomic E-state index is -0.535. The number of aromatic nitrogens is 1. The Labute approximate surface area is 248 Å². The maximum Gasteiger partial charge on any atom is 0.272 e. The van der Waals surface area contributed by atoms with E-state index in [1.807, 2.05) is 12.1 Å². The third kappa shape index (κ3) is 7.98. The topological polar surface area (TPSA) is 119 Å². The number of carbonyl (C=O) groups is 3. The van der Waals surface area contributed by atoms with E-state index in [-0.39, 0.29) is 16.9 Å². The minimum absolute atomic E-state index is 0.00803. The number of thioether (sulfide) groups is 1. The van der Waals surface area contributed by atoms with Crippen molar-refractivity contribution in [2.75, 3.05) is 24.9 Å². The van der Waals surface area contributed by atoms with Crippen molar-refractivity contribution in [2.24, 2.45) is 0 Å². The van der Waals surface area contributed by atoms with Crippen molar-refractivity contribution in [1.82, 2.24) is 10.3 Å². The van der Waals surface area contributed by atoms with Crippen LogP contribution >= 0.6 is 11.8 Å². The molecule has 0 aliphatic rings. The molecule has 0 radical (unpaired) electrons. The van der Waals surface area contributed by atoms with Gasteiger partial charge in [-0.2, -0.15) is 0 Å². The van der Waals surface area contributed by atoms with Gasteiger partial charge < -0.3 is 25.4 Å². The van der Waals surface area contributed by atoms with E-state index < -0.39 is 11.8 Å². The molecular formula is C32H30N4O5S. The van der Waals surface area contributed by atoms with Crippen molar-refractivity contribution in [3.05, 3.63) is 114 Å². The van der Waals surface area contributed by atoms with Crippen LogP contribution in [0.3, 0.4) is 0 Å². The first kappa shape index (κ1) is 29.9. The number of hydrogen-bond acceptors (Lipinski definition) is 7. The minimum Gasteiger partial charge on any atom is -0.493 e. The van der Waals surface area contributed by atoms with Gasteiger partial charge in [0, 0.05) is 27.9 Å². The van der Waals surface area contributed by atoms with Crippen molar-refractivity contribution < 1.29 is 23.9 Å². The molecule has 0 spiro atoms. The van der Waals surface area contributed by atoms with E-state index in [0.717, 1.165) is 4.90 Å². The van der Waals surface area contributed by atoms with Crippen molar-refractivity contribution in [3.8, 4) is 11.5 Å². The van der Waals surface area contributed by atoms with E-state index in [1.165, 1.54) is 32.1 Å². The van der Waals surface area contributed by atoms with Crippen LogP contribution in [-0.4, -0.2) is 42.2 Å². The van der Waals surface area contributed by atoms with Gasteiger partial charge in [-0.25, -0.2) is 4.98 Å². The second-order valence-electron chi connectivity index (χ2n) is 8.90. The standard InChI is InChI=1S/C32H30N4O5S/c1-21(30(37)36-28-14-7-8-19-33-28)42-25-17-15-24(16-18-25)34-32(39)26(35-31(38)22-10-5-4-6-11-22)20-23-12-9-13-27(40-2)29(23)41-3/h4-21H,1-3H3,(H,34,39)(H,35,38)(H,33,36,37)/b26-20-. The molecule has 0 saturated heterocycles. The molecule has 1 atom stereocenters. The number of ether oxygens (including phenoxy) is 2. The number of anilines is 2. The molecule has 3 N–H and O–H groups in total. The van der Waals surface area contributed by atoms with E-state index in [0.29, 0.717) is 34.1 Å². The van der Waals surface area contributed by atoms with Gasteiger partial charge in [-0.3, -0.25) is 14.4 Å². The highest BCUT2D eigenvalue weighted by atomic mass is 32.2. The van der Waals surface area contributed by atoms with Gasteiger partial charge in [0.2, 0.25) is 5.91 Å². The second-order valence-corrected chi connectivity index (χ2v) is 10.3. The monoisotopic (exact) mass is 582 g/mol. The summed E-state index contributed by atoms with van der Waals surface area (Å²) in [6.07, 6.45) is 3.14. The van der Waals surface area contributed by atoms with Gasteiger partial charge >= 0.3 is 0 Å². The molecule has 0 saturated carbocycles. The van der Waals surface area contributed by atoms with Crippen LogP contribution in [0.15, 0.2) is 108 Å². The summed E-state index contributed by atoms with van der Waals surface area (Å²) in [5.41, 5.74) is 1.46. The molecule has 9 nitrogen and oxygen atoms in total. The van der Waals surface area contributed by atoms with Crippen LogP contribution in [0.2, 0.25) is 0 Å². The lowest BCUT2D eigenvalue weighted by atomic mass is 10.1. The van der Waals surface area contributed by atoms with Crippen LogP contribution < -0.4 is 25.4 Å². The molecule has 1 unspecified atom stereocenters. The fraction of sp³-hybridized carbons (Fsp3) is 0.125. The Bertz CT molecular complexity index is 1560. The normalized spacial score (nSPS) is 11.6. The summed E-state index contributed by atoms with van der Waals surface area (Å²) >= 11 is 1.37.